The van der Waals surface area contributed by atoms with Crippen LogP contribution in [0.5, 0.6) is 0 Å². The largest absolute Gasteiger partial charge is 0.347 e. The summed E-state index contributed by atoms with van der Waals surface area (Å²) in [6.07, 6.45) is 4.85. The van der Waals surface area contributed by atoms with Crippen LogP contribution in [0.1, 0.15) is 35.4 Å². The molecule has 0 saturated heterocycles. The van der Waals surface area contributed by atoms with Gasteiger partial charge in [-0.2, -0.15) is 0 Å². The van der Waals surface area contributed by atoms with E-state index >= 15 is 0 Å². The number of thiophene rings is 1. The van der Waals surface area contributed by atoms with Crippen molar-refractivity contribution in [2.45, 2.75) is 31.7 Å². The maximum Gasteiger partial charge on any atom is 0.261 e. The molecule has 2 rings (SSSR count). The van der Waals surface area contributed by atoms with Crippen LogP contribution >= 0.6 is 22.9 Å². The zero-order chi connectivity index (χ0) is 12.3. The number of nitrogens with one attached hydrogen (secondary N) is 1. The average molecular weight is 273 g/mol. The molecule has 0 aliphatic heterocycles. The average Bonchev–Trinajstić information content (AvgIpc) is 2.96. The molecule has 0 bridgehead atoms. The zero-order valence-electron chi connectivity index (χ0n) is 9.62. The summed E-state index contributed by atoms with van der Waals surface area (Å²) in [6.45, 7) is 0.509. The molecule has 0 spiro atoms. The lowest BCUT2D eigenvalue weighted by atomic mass is 9.98. The molecule has 1 aliphatic rings. The van der Waals surface area contributed by atoms with Gasteiger partial charge in [-0.05, 0) is 30.9 Å². The fourth-order valence-electron chi connectivity index (χ4n) is 2.40. The Labute approximate surface area is 110 Å². The third-order valence-corrected chi connectivity index (χ3v) is 4.57. The molecule has 0 aromatic carbocycles. The number of hydrogen-bond donors (Lipinski definition) is 2. The molecule has 5 heteroatoms. The van der Waals surface area contributed by atoms with Crippen molar-refractivity contribution >= 4 is 28.8 Å². The molecule has 1 unspecified atom stereocenters. The van der Waals surface area contributed by atoms with E-state index in [1.165, 1.54) is 37.0 Å². The molecular weight excluding hydrogens is 256 g/mol. The topological polar surface area (TPSA) is 55.1 Å². The van der Waals surface area contributed by atoms with Gasteiger partial charge in [0.05, 0.1) is 9.21 Å². The lowest BCUT2D eigenvalue weighted by molar-refractivity contribution is 0.0928. The van der Waals surface area contributed by atoms with Crippen molar-refractivity contribution in [3.8, 4) is 0 Å². The normalized spacial score (nSPS) is 18.2. The highest BCUT2D eigenvalue weighted by Crippen LogP contribution is 2.28. The molecule has 0 radical (unpaired) electrons. The van der Waals surface area contributed by atoms with Gasteiger partial charge in [0.25, 0.3) is 5.91 Å². The van der Waals surface area contributed by atoms with Gasteiger partial charge >= 0.3 is 0 Å². The molecule has 3 nitrogen and oxygen atoms in total. The molecule has 17 heavy (non-hydrogen) atoms. The SMILES string of the molecule is NCC(NC(=O)c1ccc(Cl)s1)C1CCCC1. The molecule has 1 heterocycles. The van der Waals surface area contributed by atoms with Gasteiger partial charge in [0.2, 0.25) is 0 Å². The molecule has 1 fully saturated rings. The van der Waals surface area contributed by atoms with E-state index in [9.17, 15) is 4.79 Å². The third-order valence-electron chi connectivity index (χ3n) is 3.34. The second-order valence-corrected chi connectivity index (χ2v) is 6.18. The van der Waals surface area contributed by atoms with Gasteiger partial charge in [0, 0.05) is 12.6 Å². The van der Waals surface area contributed by atoms with Gasteiger partial charge in [-0.15, -0.1) is 11.3 Å². The first-order chi connectivity index (χ1) is 8.20. The second kappa shape index (κ2) is 5.85. The third kappa shape index (κ3) is 3.21. The van der Waals surface area contributed by atoms with Crippen LogP contribution in [0.3, 0.4) is 0 Å². The van der Waals surface area contributed by atoms with E-state index in [1.54, 1.807) is 12.1 Å². The minimum Gasteiger partial charge on any atom is -0.347 e. The molecule has 1 saturated carbocycles. The van der Waals surface area contributed by atoms with Gasteiger partial charge < -0.3 is 11.1 Å². The Kier molecular flexibility index (Phi) is 4.42. The number of carbonyl (C=O) groups is 1. The summed E-state index contributed by atoms with van der Waals surface area (Å²) in [4.78, 5) is 12.6. The van der Waals surface area contributed by atoms with E-state index in [0.717, 1.165) is 0 Å². The van der Waals surface area contributed by atoms with Gasteiger partial charge in [-0.1, -0.05) is 24.4 Å². The smallest absolute Gasteiger partial charge is 0.261 e. The highest BCUT2D eigenvalue weighted by atomic mass is 35.5. The monoisotopic (exact) mass is 272 g/mol. The van der Waals surface area contributed by atoms with E-state index in [0.29, 0.717) is 21.7 Å². The molecule has 3 N–H and O–H groups in total. The minimum atomic E-state index is -0.0516. The van der Waals surface area contributed by atoms with Gasteiger partial charge in [0.1, 0.15) is 0 Å². The number of nitrogens with two attached hydrogens (primary N) is 1. The van der Waals surface area contributed by atoms with Crippen LogP contribution in [0, 0.1) is 5.92 Å². The Balaban J connectivity index is 1.96. The first-order valence-electron chi connectivity index (χ1n) is 5.97. The predicted molar refractivity (Wildman–Crippen MR) is 71.6 cm³/mol. The van der Waals surface area contributed by atoms with Crippen LogP contribution in [-0.2, 0) is 0 Å². The number of carbonyl (C=O) groups excluding carboxylic acids is 1. The lowest BCUT2D eigenvalue weighted by Gasteiger charge is -2.22. The Bertz CT molecular complexity index is 388. The summed E-state index contributed by atoms with van der Waals surface area (Å²) >= 11 is 7.12. The first-order valence-corrected chi connectivity index (χ1v) is 7.16. The minimum absolute atomic E-state index is 0.0516. The van der Waals surface area contributed by atoms with Crippen molar-refractivity contribution < 1.29 is 4.79 Å². The maximum atomic E-state index is 12.0. The maximum absolute atomic E-state index is 12.0. The fourth-order valence-corrected chi connectivity index (χ4v) is 3.35. The predicted octanol–water partition coefficient (Wildman–Crippen LogP) is 2.65. The number of rotatable bonds is 4. The summed E-state index contributed by atoms with van der Waals surface area (Å²) in [6, 6.07) is 3.60. The summed E-state index contributed by atoms with van der Waals surface area (Å²) < 4.78 is 0.639. The van der Waals surface area contributed by atoms with Crippen molar-refractivity contribution in [2.75, 3.05) is 6.54 Å². The van der Waals surface area contributed by atoms with Crippen molar-refractivity contribution in [1.82, 2.24) is 5.32 Å². The molecule has 1 atom stereocenters. The number of hydrogen-bond acceptors (Lipinski definition) is 3. The van der Waals surface area contributed by atoms with Crippen molar-refractivity contribution in [3.63, 3.8) is 0 Å². The molecule has 1 aromatic heterocycles. The Morgan fingerprint density at radius 3 is 2.76 bits per heavy atom. The Morgan fingerprint density at radius 1 is 1.53 bits per heavy atom. The van der Waals surface area contributed by atoms with E-state index < -0.39 is 0 Å². The van der Waals surface area contributed by atoms with Gasteiger partial charge in [-0.3, -0.25) is 4.79 Å². The van der Waals surface area contributed by atoms with E-state index in [4.69, 9.17) is 17.3 Å². The summed E-state index contributed by atoms with van der Waals surface area (Å²) in [5.74, 6) is 0.489. The summed E-state index contributed by atoms with van der Waals surface area (Å²) in [5.41, 5.74) is 5.75. The van der Waals surface area contributed by atoms with E-state index in [2.05, 4.69) is 5.32 Å². The van der Waals surface area contributed by atoms with Crippen molar-refractivity contribution in [2.24, 2.45) is 11.7 Å². The molecular formula is C12H17ClN2OS. The van der Waals surface area contributed by atoms with Crippen molar-refractivity contribution in [3.05, 3.63) is 21.3 Å². The molecule has 1 amide bonds. The van der Waals surface area contributed by atoms with Crippen LogP contribution in [0.4, 0.5) is 0 Å². The highest BCUT2D eigenvalue weighted by Gasteiger charge is 2.25. The molecule has 94 valence electrons. The molecule has 1 aromatic rings. The highest BCUT2D eigenvalue weighted by molar-refractivity contribution is 7.17. The van der Waals surface area contributed by atoms with Gasteiger partial charge in [-0.25, -0.2) is 0 Å². The van der Waals surface area contributed by atoms with Crippen LogP contribution in [0.2, 0.25) is 4.34 Å². The number of amides is 1. The second-order valence-electron chi connectivity index (χ2n) is 4.46. The summed E-state index contributed by atoms with van der Waals surface area (Å²) in [7, 11) is 0. The quantitative estimate of drug-likeness (QED) is 0.885. The van der Waals surface area contributed by atoms with E-state index in [-0.39, 0.29) is 11.9 Å². The fraction of sp³-hybridized carbons (Fsp3) is 0.583. The van der Waals surface area contributed by atoms with Crippen LogP contribution in [0.15, 0.2) is 12.1 Å². The van der Waals surface area contributed by atoms with Crippen LogP contribution in [-0.4, -0.2) is 18.5 Å². The Morgan fingerprint density at radius 2 is 2.24 bits per heavy atom. The Hall–Kier alpha value is -0.580. The van der Waals surface area contributed by atoms with Crippen LogP contribution in [0.25, 0.3) is 0 Å². The first kappa shape index (κ1) is 12.9. The van der Waals surface area contributed by atoms with E-state index in [1.807, 2.05) is 0 Å². The lowest BCUT2D eigenvalue weighted by Crippen LogP contribution is -2.44. The van der Waals surface area contributed by atoms with Crippen LogP contribution < -0.4 is 11.1 Å². The van der Waals surface area contributed by atoms with Gasteiger partial charge in [0.15, 0.2) is 0 Å². The number of halogens is 1. The standard InChI is InChI=1S/C12H17ClN2OS/c13-11-6-5-10(17-11)12(16)15-9(7-14)8-3-1-2-4-8/h5-6,8-9H,1-4,7,14H2,(H,15,16). The molecule has 1 aliphatic carbocycles. The van der Waals surface area contributed by atoms with Crippen molar-refractivity contribution in [1.29, 1.82) is 0 Å². The summed E-state index contributed by atoms with van der Waals surface area (Å²) in [5, 5.41) is 3.03. The zero-order valence-corrected chi connectivity index (χ0v) is 11.2.